The predicted octanol–water partition coefficient (Wildman–Crippen LogP) is 20.6. The molecule has 0 heterocycles. The zero-order valence-corrected chi connectivity index (χ0v) is 46.3. The Kier molecular flexibility index (Phi) is 57.4. The summed E-state index contributed by atoms with van der Waals surface area (Å²) in [6, 6.07) is 0. The summed E-state index contributed by atoms with van der Waals surface area (Å²) in [7, 11) is 0. The van der Waals surface area contributed by atoms with E-state index in [0.29, 0.717) is 25.9 Å². The molecule has 0 aromatic heterocycles. The first-order valence-electron chi connectivity index (χ1n) is 29.8. The van der Waals surface area contributed by atoms with E-state index < -0.39 is 6.10 Å². The van der Waals surface area contributed by atoms with Crippen molar-refractivity contribution in [1.82, 2.24) is 0 Å². The molecule has 402 valence electrons. The summed E-state index contributed by atoms with van der Waals surface area (Å²) < 4.78 is 17.4. The van der Waals surface area contributed by atoms with Crippen LogP contribution in [0.5, 0.6) is 0 Å². The summed E-state index contributed by atoms with van der Waals surface area (Å²) in [5, 5.41) is 0. The zero-order chi connectivity index (χ0) is 50.6. The molecule has 1 atom stereocenters. The van der Waals surface area contributed by atoms with Crippen molar-refractivity contribution < 1.29 is 23.8 Å². The van der Waals surface area contributed by atoms with E-state index >= 15 is 0 Å². The van der Waals surface area contributed by atoms with Gasteiger partial charge in [-0.3, -0.25) is 9.59 Å². The van der Waals surface area contributed by atoms with Crippen molar-refractivity contribution in [1.29, 1.82) is 0 Å². The van der Waals surface area contributed by atoms with Crippen LogP contribution in [-0.2, 0) is 23.8 Å². The van der Waals surface area contributed by atoms with Gasteiger partial charge in [0.2, 0.25) is 0 Å². The topological polar surface area (TPSA) is 61.8 Å². The van der Waals surface area contributed by atoms with Crippen LogP contribution in [0.3, 0.4) is 0 Å². The quantitative estimate of drug-likeness (QED) is 0.0345. The van der Waals surface area contributed by atoms with E-state index in [4.69, 9.17) is 14.2 Å². The van der Waals surface area contributed by atoms with Crippen molar-refractivity contribution in [3.8, 4) is 0 Å². The molecular formula is C65H112O5. The highest BCUT2D eigenvalue weighted by molar-refractivity contribution is 5.70. The number of hydrogen-bond acceptors (Lipinski definition) is 5. The molecule has 0 spiro atoms. The fraction of sp³-hybridized carbons (Fsp3) is 0.723. The summed E-state index contributed by atoms with van der Waals surface area (Å²) in [6.45, 7) is 7.64. The molecule has 0 N–H and O–H groups in total. The number of allylic oxidation sites excluding steroid dienone is 16. The lowest BCUT2D eigenvalue weighted by molar-refractivity contribution is -0.162. The second-order valence-corrected chi connectivity index (χ2v) is 19.5. The average molecular weight is 974 g/mol. The van der Waals surface area contributed by atoms with Gasteiger partial charge in [-0.25, -0.2) is 0 Å². The third kappa shape index (κ3) is 57.4. The van der Waals surface area contributed by atoms with Gasteiger partial charge in [0.15, 0.2) is 6.10 Å². The number of unbranched alkanes of at least 4 members (excludes halogenated alkanes) is 27. The SMILES string of the molecule is CC/C=C\C/C=C\C/C=C\C/C=C\C/C=C\C/C=C\CCC(=O)O[C@H](COCCCCCCCCCCCCCCCCCC)COC(=O)CCCCCCCCCCC/C=C\C/C=C\CCCCC. The van der Waals surface area contributed by atoms with Crippen LogP contribution in [0, 0.1) is 0 Å². The maximum atomic E-state index is 12.8. The summed E-state index contributed by atoms with van der Waals surface area (Å²) in [4.78, 5) is 25.5. The Hall–Kier alpha value is -3.18. The molecule has 0 amide bonds. The predicted molar refractivity (Wildman–Crippen MR) is 306 cm³/mol. The Bertz CT molecular complexity index is 1330. The Labute approximate surface area is 434 Å². The molecule has 0 saturated heterocycles. The first kappa shape index (κ1) is 66.8. The van der Waals surface area contributed by atoms with Gasteiger partial charge in [0, 0.05) is 19.4 Å². The van der Waals surface area contributed by atoms with Crippen LogP contribution < -0.4 is 0 Å². The van der Waals surface area contributed by atoms with Gasteiger partial charge >= 0.3 is 11.9 Å². The highest BCUT2D eigenvalue weighted by Crippen LogP contribution is 2.15. The number of hydrogen-bond donors (Lipinski definition) is 0. The van der Waals surface area contributed by atoms with E-state index in [1.54, 1.807) is 0 Å². The molecule has 70 heavy (non-hydrogen) atoms. The highest BCUT2D eigenvalue weighted by Gasteiger charge is 2.17. The first-order valence-corrected chi connectivity index (χ1v) is 29.8. The largest absolute Gasteiger partial charge is 0.462 e. The van der Waals surface area contributed by atoms with Gasteiger partial charge < -0.3 is 14.2 Å². The van der Waals surface area contributed by atoms with Crippen LogP contribution in [0.15, 0.2) is 97.2 Å². The lowest BCUT2D eigenvalue weighted by Gasteiger charge is -2.18. The van der Waals surface area contributed by atoms with E-state index in [0.717, 1.165) is 77.0 Å². The summed E-state index contributed by atoms with van der Waals surface area (Å²) in [5.41, 5.74) is 0. The molecule has 5 heteroatoms. The van der Waals surface area contributed by atoms with Crippen molar-refractivity contribution >= 4 is 11.9 Å². The van der Waals surface area contributed by atoms with Crippen LogP contribution in [0.4, 0.5) is 0 Å². The van der Waals surface area contributed by atoms with Crippen molar-refractivity contribution in [2.45, 2.75) is 284 Å². The second kappa shape index (κ2) is 60.1. The number of esters is 2. The molecule has 5 nitrogen and oxygen atoms in total. The first-order chi connectivity index (χ1) is 34.6. The maximum Gasteiger partial charge on any atom is 0.306 e. The van der Waals surface area contributed by atoms with Gasteiger partial charge in [-0.2, -0.15) is 0 Å². The summed E-state index contributed by atoms with van der Waals surface area (Å²) in [5.74, 6) is -0.492. The molecule has 0 aromatic carbocycles. The molecule has 0 aliphatic rings. The van der Waals surface area contributed by atoms with E-state index in [9.17, 15) is 9.59 Å². The van der Waals surface area contributed by atoms with Crippen molar-refractivity contribution in [2.75, 3.05) is 19.8 Å². The Balaban J connectivity index is 4.39. The fourth-order valence-corrected chi connectivity index (χ4v) is 8.21. The Morgan fingerprint density at radius 1 is 0.329 bits per heavy atom. The van der Waals surface area contributed by atoms with Gasteiger partial charge in [-0.05, 0) is 89.9 Å². The maximum absolute atomic E-state index is 12.8. The standard InChI is InChI=1S/C65H112O5/c1-4-7-10-13-16-19-22-25-28-31-33-35-37-40-43-46-49-52-55-58-64(66)69-62-63(61-68-60-57-54-51-48-45-42-39-30-27-24-21-18-15-12-9-6-3)70-65(67)59-56-53-50-47-44-41-38-36-34-32-29-26-23-20-17-14-11-8-5-2/h8,11,16-17,19-20,25-26,28-29,34,36,41,44,50,53,63H,4-7,9-10,12-15,18,21-24,27,30-33,35,37-40,42-43,45-49,51-52,54-62H2,1-3H3/b11-8-,19-16-,20-17-,28-25-,29-26-,36-34-,44-41-,53-50-/t63-/m1/s1. The Morgan fingerprint density at radius 2 is 0.671 bits per heavy atom. The van der Waals surface area contributed by atoms with E-state index in [2.05, 4.69) is 112 Å². The van der Waals surface area contributed by atoms with Crippen LogP contribution in [0.2, 0.25) is 0 Å². The lowest BCUT2D eigenvalue weighted by atomic mass is 10.0. The number of carbonyl (C=O) groups excluding carboxylic acids is 2. The van der Waals surface area contributed by atoms with E-state index in [1.165, 1.54) is 161 Å². The molecule has 0 bridgehead atoms. The molecule has 0 radical (unpaired) electrons. The normalized spacial score (nSPS) is 12.9. The average Bonchev–Trinajstić information content (AvgIpc) is 3.36. The summed E-state index contributed by atoms with van der Waals surface area (Å²) >= 11 is 0. The van der Waals surface area contributed by atoms with Crippen LogP contribution in [0.25, 0.3) is 0 Å². The van der Waals surface area contributed by atoms with Gasteiger partial charge in [-0.15, -0.1) is 0 Å². The van der Waals surface area contributed by atoms with Crippen molar-refractivity contribution in [3.63, 3.8) is 0 Å². The molecule has 0 aliphatic carbocycles. The van der Waals surface area contributed by atoms with Gasteiger partial charge in [0.05, 0.1) is 6.61 Å². The third-order valence-electron chi connectivity index (χ3n) is 12.6. The molecule has 0 aliphatic heterocycles. The number of carbonyl (C=O) groups is 2. The number of rotatable bonds is 54. The molecule has 0 unspecified atom stereocenters. The molecule has 0 rings (SSSR count). The summed E-state index contributed by atoms with van der Waals surface area (Å²) in [6.07, 6.45) is 81.6. The molecule has 0 saturated carbocycles. The van der Waals surface area contributed by atoms with Crippen LogP contribution in [-0.4, -0.2) is 37.9 Å². The Morgan fingerprint density at radius 3 is 1.11 bits per heavy atom. The number of ether oxygens (including phenoxy) is 3. The minimum Gasteiger partial charge on any atom is -0.462 e. The molecule has 0 fully saturated rings. The van der Waals surface area contributed by atoms with Crippen LogP contribution in [0.1, 0.15) is 278 Å². The lowest BCUT2D eigenvalue weighted by Crippen LogP contribution is -2.30. The minimum atomic E-state index is -0.582. The monoisotopic (exact) mass is 973 g/mol. The second-order valence-electron chi connectivity index (χ2n) is 19.5. The molecular weight excluding hydrogens is 861 g/mol. The van der Waals surface area contributed by atoms with E-state index in [-0.39, 0.29) is 25.2 Å². The van der Waals surface area contributed by atoms with Crippen molar-refractivity contribution in [2.24, 2.45) is 0 Å². The van der Waals surface area contributed by atoms with Crippen molar-refractivity contribution in [3.05, 3.63) is 97.2 Å². The zero-order valence-electron chi connectivity index (χ0n) is 46.3. The van der Waals surface area contributed by atoms with Gasteiger partial charge in [0.25, 0.3) is 0 Å². The third-order valence-corrected chi connectivity index (χ3v) is 12.6. The molecule has 0 aromatic rings. The van der Waals surface area contributed by atoms with E-state index in [1.807, 2.05) is 6.08 Å². The smallest absolute Gasteiger partial charge is 0.306 e. The fourth-order valence-electron chi connectivity index (χ4n) is 8.21. The van der Waals surface area contributed by atoms with Gasteiger partial charge in [-0.1, -0.05) is 272 Å². The minimum absolute atomic E-state index is 0.0510. The van der Waals surface area contributed by atoms with Crippen LogP contribution >= 0.6 is 0 Å². The van der Waals surface area contributed by atoms with Gasteiger partial charge in [0.1, 0.15) is 6.61 Å². The highest BCUT2D eigenvalue weighted by atomic mass is 16.6.